The average molecular weight is 309 g/mol. The second-order valence-electron chi connectivity index (χ2n) is 5.89. The van der Waals surface area contributed by atoms with E-state index >= 15 is 0 Å². The molecule has 3 rings (SSSR count). The number of hydrogen-bond acceptors (Lipinski definition) is 4. The van der Waals surface area contributed by atoms with E-state index in [9.17, 15) is 0 Å². The molecule has 0 spiro atoms. The van der Waals surface area contributed by atoms with Gasteiger partial charge in [-0.3, -0.25) is 4.99 Å². The lowest BCUT2D eigenvalue weighted by molar-refractivity contribution is 0.306. The first-order chi connectivity index (χ1) is 11.2. The van der Waals surface area contributed by atoms with Crippen molar-refractivity contribution >= 4 is 11.5 Å². The van der Waals surface area contributed by atoms with E-state index in [1.54, 1.807) is 0 Å². The van der Waals surface area contributed by atoms with Crippen LogP contribution in [0.1, 0.15) is 17.5 Å². The molecule has 0 saturated carbocycles. The summed E-state index contributed by atoms with van der Waals surface area (Å²) >= 11 is 0. The molecule has 0 fully saturated rings. The first kappa shape index (κ1) is 15.4. The number of hydrogen-bond donors (Lipinski definition) is 1. The Hall–Kier alpha value is -2.49. The molecule has 2 aromatic rings. The smallest absolute Gasteiger partial charge is 0.128 e. The van der Waals surface area contributed by atoms with Crippen LogP contribution >= 0.6 is 0 Å². The molecular formula is C19H23N3O. The van der Waals surface area contributed by atoms with Crippen molar-refractivity contribution in [3.63, 3.8) is 0 Å². The van der Waals surface area contributed by atoms with Gasteiger partial charge in [0.2, 0.25) is 0 Å². The SMILES string of the molecule is CN(C)c1cccc(COc2cccc(C3=NCCCN3)c2)c1. The number of benzene rings is 2. The lowest BCUT2D eigenvalue weighted by Gasteiger charge is -2.16. The number of aliphatic imine (C=N–C) groups is 1. The quantitative estimate of drug-likeness (QED) is 0.922. The van der Waals surface area contributed by atoms with Gasteiger partial charge in [0.05, 0.1) is 0 Å². The van der Waals surface area contributed by atoms with Crippen LogP contribution < -0.4 is 15.0 Å². The maximum absolute atomic E-state index is 5.96. The van der Waals surface area contributed by atoms with Gasteiger partial charge in [-0.15, -0.1) is 0 Å². The predicted octanol–water partition coefficient (Wildman–Crippen LogP) is 3.07. The Morgan fingerprint density at radius 1 is 1.13 bits per heavy atom. The Kier molecular flexibility index (Phi) is 4.81. The van der Waals surface area contributed by atoms with Crippen LogP contribution in [0.25, 0.3) is 0 Å². The van der Waals surface area contributed by atoms with E-state index in [-0.39, 0.29) is 0 Å². The summed E-state index contributed by atoms with van der Waals surface area (Å²) in [5.74, 6) is 1.84. The third-order valence-corrected chi connectivity index (χ3v) is 3.84. The van der Waals surface area contributed by atoms with Gasteiger partial charge in [-0.1, -0.05) is 24.3 Å². The van der Waals surface area contributed by atoms with Crippen LogP contribution in [-0.4, -0.2) is 33.0 Å². The Bertz CT molecular complexity index is 695. The topological polar surface area (TPSA) is 36.9 Å². The first-order valence-corrected chi connectivity index (χ1v) is 8.00. The molecule has 0 saturated heterocycles. The van der Waals surface area contributed by atoms with Crippen LogP contribution in [0.15, 0.2) is 53.5 Å². The molecule has 2 aromatic carbocycles. The maximum Gasteiger partial charge on any atom is 0.128 e. The Morgan fingerprint density at radius 2 is 2.00 bits per heavy atom. The van der Waals surface area contributed by atoms with Gasteiger partial charge in [-0.05, 0) is 36.2 Å². The van der Waals surface area contributed by atoms with Crippen LogP contribution in [-0.2, 0) is 6.61 Å². The number of anilines is 1. The monoisotopic (exact) mass is 309 g/mol. The minimum absolute atomic E-state index is 0.561. The van der Waals surface area contributed by atoms with Crippen molar-refractivity contribution in [2.45, 2.75) is 13.0 Å². The third-order valence-electron chi connectivity index (χ3n) is 3.84. The van der Waals surface area contributed by atoms with Crippen molar-refractivity contribution in [1.82, 2.24) is 5.32 Å². The van der Waals surface area contributed by atoms with Gasteiger partial charge in [0, 0.05) is 38.4 Å². The summed E-state index contributed by atoms with van der Waals surface area (Å²) in [4.78, 5) is 6.63. The maximum atomic E-state index is 5.96. The van der Waals surface area contributed by atoms with Gasteiger partial charge in [0.1, 0.15) is 18.2 Å². The molecule has 120 valence electrons. The molecule has 0 bridgehead atoms. The van der Waals surface area contributed by atoms with Gasteiger partial charge >= 0.3 is 0 Å². The van der Waals surface area contributed by atoms with E-state index in [0.29, 0.717) is 6.61 Å². The van der Waals surface area contributed by atoms with Crippen LogP contribution in [0.4, 0.5) is 5.69 Å². The second kappa shape index (κ2) is 7.18. The van der Waals surface area contributed by atoms with Gasteiger partial charge in [0.25, 0.3) is 0 Å². The van der Waals surface area contributed by atoms with E-state index in [1.165, 1.54) is 5.69 Å². The molecule has 1 aliphatic rings. The Balaban J connectivity index is 1.69. The van der Waals surface area contributed by atoms with Gasteiger partial charge in [-0.2, -0.15) is 0 Å². The first-order valence-electron chi connectivity index (χ1n) is 8.00. The average Bonchev–Trinajstić information content (AvgIpc) is 2.61. The van der Waals surface area contributed by atoms with E-state index in [0.717, 1.165) is 42.2 Å². The highest BCUT2D eigenvalue weighted by molar-refractivity contribution is 5.99. The molecule has 0 amide bonds. The minimum atomic E-state index is 0.561. The summed E-state index contributed by atoms with van der Waals surface area (Å²) in [7, 11) is 4.09. The van der Waals surface area contributed by atoms with E-state index < -0.39 is 0 Å². The Labute approximate surface area is 137 Å². The molecule has 1 aliphatic heterocycles. The highest BCUT2D eigenvalue weighted by Crippen LogP contribution is 2.18. The molecule has 0 atom stereocenters. The highest BCUT2D eigenvalue weighted by atomic mass is 16.5. The summed E-state index contributed by atoms with van der Waals surface area (Å²) in [6.45, 7) is 2.44. The predicted molar refractivity (Wildman–Crippen MR) is 95.6 cm³/mol. The van der Waals surface area contributed by atoms with Gasteiger partial charge in [-0.25, -0.2) is 0 Å². The summed E-state index contributed by atoms with van der Waals surface area (Å²) < 4.78 is 5.96. The largest absolute Gasteiger partial charge is 0.489 e. The molecular weight excluding hydrogens is 286 g/mol. The lowest BCUT2D eigenvalue weighted by Crippen LogP contribution is -2.30. The summed E-state index contributed by atoms with van der Waals surface area (Å²) in [6.07, 6.45) is 1.10. The molecule has 0 unspecified atom stereocenters. The molecule has 4 nitrogen and oxygen atoms in total. The van der Waals surface area contributed by atoms with Crippen LogP contribution in [0.2, 0.25) is 0 Å². The van der Waals surface area contributed by atoms with Crippen molar-refractivity contribution in [1.29, 1.82) is 0 Å². The molecule has 1 N–H and O–H groups in total. The van der Waals surface area contributed by atoms with Gasteiger partial charge < -0.3 is 15.0 Å². The van der Waals surface area contributed by atoms with Crippen LogP contribution in [0.5, 0.6) is 5.75 Å². The highest BCUT2D eigenvalue weighted by Gasteiger charge is 2.08. The minimum Gasteiger partial charge on any atom is -0.489 e. The van der Waals surface area contributed by atoms with Crippen molar-refractivity contribution < 1.29 is 4.74 Å². The molecule has 4 heteroatoms. The van der Waals surface area contributed by atoms with Crippen LogP contribution in [0.3, 0.4) is 0 Å². The van der Waals surface area contributed by atoms with E-state index in [1.807, 2.05) is 32.3 Å². The summed E-state index contributed by atoms with van der Waals surface area (Å²) in [5.41, 5.74) is 3.43. The number of rotatable bonds is 5. The van der Waals surface area contributed by atoms with Crippen molar-refractivity contribution in [3.8, 4) is 5.75 Å². The Morgan fingerprint density at radius 3 is 2.78 bits per heavy atom. The number of amidine groups is 1. The zero-order valence-corrected chi connectivity index (χ0v) is 13.7. The van der Waals surface area contributed by atoms with Crippen molar-refractivity contribution in [3.05, 3.63) is 59.7 Å². The lowest BCUT2D eigenvalue weighted by atomic mass is 10.1. The molecule has 0 radical (unpaired) electrons. The van der Waals surface area contributed by atoms with Gasteiger partial charge in [0.15, 0.2) is 0 Å². The summed E-state index contributed by atoms with van der Waals surface area (Å²) in [6, 6.07) is 16.5. The third kappa shape index (κ3) is 4.03. The number of nitrogens with one attached hydrogen (secondary N) is 1. The zero-order valence-electron chi connectivity index (χ0n) is 13.7. The second-order valence-corrected chi connectivity index (χ2v) is 5.89. The normalized spacial score (nSPS) is 13.9. The fourth-order valence-electron chi connectivity index (χ4n) is 2.55. The molecule has 0 aliphatic carbocycles. The number of ether oxygens (including phenoxy) is 1. The molecule has 23 heavy (non-hydrogen) atoms. The van der Waals surface area contributed by atoms with Crippen LogP contribution in [0, 0.1) is 0 Å². The summed E-state index contributed by atoms with van der Waals surface area (Å²) in [5, 5.41) is 3.35. The van der Waals surface area contributed by atoms with E-state index in [2.05, 4.69) is 45.5 Å². The van der Waals surface area contributed by atoms with Crippen molar-refractivity contribution in [2.24, 2.45) is 4.99 Å². The molecule has 1 heterocycles. The zero-order chi connectivity index (χ0) is 16.1. The number of nitrogens with zero attached hydrogens (tertiary/aromatic N) is 2. The van der Waals surface area contributed by atoms with Crippen molar-refractivity contribution in [2.75, 3.05) is 32.1 Å². The fraction of sp³-hybridized carbons (Fsp3) is 0.316. The fourth-order valence-corrected chi connectivity index (χ4v) is 2.55. The molecule has 0 aromatic heterocycles. The standard InChI is InChI=1S/C19H23N3O/c1-22(2)17-8-3-6-15(12-17)14-23-18-9-4-7-16(13-18)19-20-10-5-11-21-19/h3-4,6-9,12-13H,5,10-11,14H2,1-2H3,(H,20,21). The van der Waals surface area contributed by atoms with E-state index in [4.69, 9.17) is 4.74 Å².